The molecule has 0 radical (unpaired) electrons. The molecular weight excluding hydrogens is 272 g/mol. The first-order chi connectivity index (χ1) is 10.2. The Balaban J connectivity index is 1.72. The van der Waals surface area contributed by atoms with Crippen LogP contribution in [-0.2, 0) is 0 Å². The fourth-order valence-corrected chi connectivity index (χ4v) is 3.37. The molecule has 21 heavy (non-hydrogen) atoms. The minimum Gasteiger partial charge on any atom is -0.758 e. The van der Waals surface area contributed by atoms with Gasteiger partial charge in [-0.15, -0.1) is 0 Å². The van der Waals surface area contributed by atoms with E-state index in [9.17, 15) is 10.1 Å². The van der Waals surface area contributed by atoms with E-state index in [1.807, 2.05) is 0 Å². The van der Waals surface area contributed by atoms with E-state index in [0.717, 1.165) is 35.5 Å². The molecule has 1 aromatic rings. The lowest BCUT2D eigenvalue weighted by Crippen LogP contribution is -2.49. The van der Waals surface area contributed by atoms with Crippen LogP contribution in [0.4, 0.5) is 0 Å². The largest absolute Gasteiger partial charge is 0.758 e. The van der Waals surface area contributed by atoms with Gasteiger partial charge in [-0.05, 0) is 31.0 Å². The van der Waals surface area contributed by atoms with Gasteiger partial charge >= 0.3 is 0 Å². The van der Waals surface area contributed by atoms with Crippen molar-refractivity contribution in [2.45, 2.75) is 37.8 Å². The van der Waals surface area contributed by atoms with Gasteiger partial charge in [-0.1, -0.05) is 6.42 Å². The summed E-state index contributed by atoms with van der Waals surface area (Å²) in [6.45, 7) is 0.192. The second-order valence-electron chi connectivity index (χ2n) is 5.69. The van der Waals surface area contributed by atoms with Crippen molar-refractivity contribution in [1.82, 2.24) is 5.06 Å². The van der Waals surface area contributed by atoms with Crippen LogP contribution in [-0.4, -0.2) is 28.7 Å². The summed E-state index contributed by atoms with van der Waals surface area (Å²) in [5.41, 5.74) is 1.10. The number of hydroxylamine groups is 2. The molecule has 2 aliphatic heterocycles. The van der Waals surface area contributed by atoms with Gasteiger partial charge in [-0.3, -0.25) is 0 Å². The Kier molecular flexibility index (Phi) is 2.85. The Morgan fingerprint density at radius 3 is 2.90 bits per heavy atom. The fraction of sp³-hybridized carbons (Fsp3) is 0.467. The number of fused-ring (bicyclic) bond motifs is 2. The molecule has 0 saturated heterocycles. The van der Waals surface area contributed by atoms with Crippen molar-refractivity contribution < 1.29 is 14.2 Å². The van der Waals surface area contributed by atoms with Crippen LogP contribution < -0.4 is 9.47 Å². The van der Waals surface area contributed by atoms with Crippen molar-refractivity contribution in [2.75, 3.05) is 6.79 Å². The summed E-state index contributed by atoms with van der Waals surface area (Å²) in [4.78, 5) is 12.2. The number of nitrogens with zero attached hydrogens (tertiary/aromatic N) is 2. The highest BCUT2D eigenvalue weighted by atomic mass is 16.7. The van der Waals surface area contributed by atoms with Gasteiger partial charge in [0.05, 0.1) is 6.04 Å². The van der Waals surface area contributed by atoms with E-state index >= 15 is 0 Å². The normalized spacial score (nSPS) is 27.4. The molecule has 1 aromatic carbocycles. The first kappa shape index (κ1) is 12.6. The van der Waals surface area contributed by atoms with E-state index in [0.29, 0.717) is 22.8 Å². The Labute approximate surface area is 122 Å². The van der Waals surface area contributed by atoms with Crippen LogP contribution in [0.15, 0.2) is 24.4 Å². The molecule has 110 valence electrons. The van der Waals surface area contributed by atoms with Gasteiger partial charge in [0.15, 0.2) is 11.5 Å². The molecule has 0 spiro atoms. The van der Waals surface area contributed by atoms with E-state index < -0.39 is 0 Å². The molecule has 6 heteroatoms. The Morgan fingerprint density at radius 1 is 1.19 bits per heavy atom. The minimum atomic E-state index is -0.248. The van der Waals surface area contributed by atoms with Crippen molar-refractivity contribution in [2.24, 2.45) is 0 Å². The highest BCUT2D eigenvalue weighted by Gasteiger charge is 2.42. The quantitative estimate of drug-likeness (QED) is 0.743. The zero-order valence-corrected chi connectivity index (χ0v) is 11.5. The molecule has 0 N–H and O–H groups in total. The zero-order valence-electron chi connectivity index (χ0n) is 11.5. The summed E-state index contributed by atoms with van der Waals surface area (Å²) >= 11 is 0. The average Bonchev–Trinajstić information content (AvgIpc) is 2.98. The molecule has 2 heterocycles. The maximum atomic E-state index is 12.6. The number of hydrogen-bond donors (Lipinski definition) is 0. The average molecular weight is 288 g/mol. The zero-order chi connectivity index (χ0) is 14.4. The maximum absolute atomic E-state index is 12.6. The molecule has 0 aromatic heterocycles. The van der Waals surface area contributed by atoms with Crippen molar-refractivity contribution in [1.29, 1.82) is 0 Å². The molecule has 0 amide bonds. The van der Waals surface area contributed by atoms with Gasteiger partial charge in [0.2, 0.25) is 19.0 Å². The number of nitroso groups, excluding NO2 is 1. The SMILES string of the molecule is O=[N+]1C=C(c2ccc3c(c2)OCO3)N([O-])[C@@H]2CCCC[C@H]21. The third-order valence-electron chi connectivity index (χ3n) is 4.48. The Hall–Kier alpha value is -2.08. The minimum absolute atomic E-state index is 0.192. The van der Waals surface area contributed by atoms with E-state index in [-0.39, 0.29) is 18.9 Å². The van der Waals surface area contributed by atoms with Crippen molar-refractivity contribution in [3.63, 3.8) is 0 Å². The fourth-order valence-electron chi connectivity index (χ4n) is 3.37. The van der Waals surface area contributed by atoms with Crippen molar-refractivity contribution in [3.05, 3.63) is 40.1 Å². The second-order valence-corrected chi connectivity index (χ2v) is 5.69. The summed E-state index contributed by atoms with van der Waals surface area (Å²) in [5, 5.41) is 13.6. The van der Waals surface area contributed by atoms with Crippen LogP contribution in [0, 0.1) is 10.1 Å². The van der Waals surface area contributed by atoms with Crippen LogP contribution >= 0.6 is 0 Å². The molecule has 1 fully saturated rings. The molecule has 1 saturated carbocycles. The van der Waals surface area contributed by atoms with Crippen LogP contribution in [0.5, 0.6) is 11.5 Å². The first-order valence-electron chi connectivity index (χ1n) is 7.28. The summed E-state index contributed by atoms with van der Waals surface area (Å²) in [5.74, 6) is 1.28. The van der Waals surface area contributed by atoms with Gasteiger partial charge in [-0.25, -0.2) is 0 Å². The van der Waals surface area contributed by atoms with Gasteiger partial charge < -0.3 is 19.7 Å². The number of benzene rings is 1. The lowest BCUT2D eigenvalue weighted by Gasteiger charge is -2.44. The predicted molar refractivity (Wildman–Crippen MR) is 75.4 cm³/mol. The van der Waals surface area contributed by atoms with Crippen LogP contribution in [0.1, 0.15) is 31.2 Å². The molecule has 0 unspecified atom stereocenters. The molecule has 0 bridgehead atoms. The standard InChI is InChI=1S/C15H16N2O4/c18-16-8-13(17(19)12-4-2-1-3-11(12)16)10-5-6-14-15(7-10)21-9-20-14/h5-8,11-12H,1-4,9H2/t11-,12-/m1/s1. The predicted octanol–water partition coefficient (Wildman–Crippen LogP) is 2.62. The lowest BCUT2D eigenvalue weighted by atomic mass is 9.88. The first-order valence-corrected chi connectivity index (χ1v) is 7.28. The number of ether oxygens (including phenoxy) is 2. The molecular formula is C15H16N2O4. The summed E-state index contributed by atoms with van der Waals surface area (Å²) in [6, 6.07) is 4.86. The summed E-state index contributed by atoms with van der Waals surface area (Å²) in [6.07, 6.45) is 4.99. The Bertz CT molecular complexity index is 628. The highest BCUT2D eigenvalue weighted by molar-refractivity contribution is 5.67. The van der Waals surface area contributed by atoms with Crippen molar-refractivity contribution in [3.8, 4) is 11.5 Å². The van der Waals surface area contributed by atoms with Crippen molar-refractivity contribution >= 4 is 5.70 Å². The third kappa shape index (κ3) is 1.98. The van der Waals surface area contributed by atoms with E-state index in [1.165, 1.54) is 6.20 Å². The molecule has 3 aliphatic rings. The van der Waals surface area contributed by atoms with E-state index in [4.69, 9.17) is 9.47 Å². The van der Waals surface area contributed by atoms with Crippen LogP contribution in [0.2, 0.25) is 0 Å². The van der Waals surface area contributed by atoms with Gasteiger partial charge in [0.25, 0.3) is 0 Å². The highest BCUT2D eigenvalue weighted by Crippen LogP contribution is 2.38. The smallest absolute Gasteiger partial charge is 0.244 e. The van der Waals surface area contributed by atoms with Gasteiger partial charge in [0, 0.05) is 21.7 Å². The molecule has 4 rings (SSSR count). The van der Waals surface area contributed by atoms with Crippen LogP contribution in [0.3, 0.4) is 0 Å². The maximum Gasteiger partial charge on any atom is 0.244 e. The monoisotopic (exact) mass is 288 g/mol. The molecule has 2 atom stereocenters. The number of rotatable bonds is 1. The molecule has 1 aliphatic carbocycles. The molecule has 6 nitrogen and oxygen atoms in total. The lowest BCUT2D eigenvalue weighted by molar-refractivity contribution is -0.536. The van der Waals surface area contributed by atoms with E-state index in [2.05, 4.69) is 0 Å². The Morgan fingerprint density at radius 2 is 2.00 bits per heavy atom. The third-order valence-corrected chi connectivity index (χ3v) is 4.48. The van der Waals surface area contributed by atoms with Gasteiger partial charge in [-0.2, -0.15) is 0 Å². The topological polar surface area (TPSA) is 64.8 Å². The number of hydrogen-bond acceptors (Lipinski definition) is 5. The second kappa shape index (κ2) is 4.73. The summed E-state index contributed by atoms with van der Waals surface area (Å²) in [7, 11) is 0. The van der Waals surface area contributed by atoms with Crippen LogP contribution in [0.25, 0.3) is 5.70 Å². The van der Waals surface area contributed by atoms with E-state index in [1.54, 1.807) is 18.2 Å². The van der Waals surface area contributed by atoms with Gasteiger partial charge in [0.1, 0.15) is 5.70 Å². The summed E-state index contributed by atoms with van der Waals surface area (Å²) < 4.78 is 11.6.